The average Bonchev–Trinajstić information content (AvgIpc) is 1.63. The lowest BCUT2D eigenvalue weighted by Crippen LogP contribution is -2.36. The Labute approximate surface area is 55.9 Å². The lowest BCUT2D eigenvalue weighted by molar-refractivity contribution is 0.557. The first-order valence-corrected chi connectivity index (χ1v) is 3.13. The molecule has 0 aromatic rings. The van der Waals surface area contributed by atoms with E-state index in [1.807, 2.05) is 0 Å². The van der Waals surface area contributed by atoms with Gasteiger partial charge < -0.3 is 11.5 Å². The van der Waals surface area contributed by atoms with Crippen LogP contribution in [0.25, 0.3) is 0 Å². The molecule has 0 amide bonds. The Kier molecular flexibility index (Phi) is 3.24. The van der Waals surface area contributed by atoms with Crippen LogP contribution in [-0.2, 0) is 0 Å². The van der Waals surface area contributed by atoms with Crippen LogP contribution in [0.5, 0.6) is 0 Å². The molecule has 3 nitrogen and oxygen atoms in total. The molecule has 0 radical (unpaired) electrons. The highest BCUT2D eigenvalue weighted by molar-refractivity contribution is 5.82. The minimum absolute atomic E-state index is 0.0868. The molecule has 54 valence electrons. The van der Waals surface area contributed by atoms with Crippen LogP contribution >= 0.6 is 0 Å². The fourth-order valence-electron chi connectivity index (χ4n) is 0.635. The predicted octanol–water partition coefficient (Wildman–Crippen LogP) is 0.296. The maximum Gasteiger partial charge on any atom is 0.108 e. The van der Waals surface area contributed by atoms with E-state index in [0.29, 0.717) is 5.92 Å². The van der Waals surface area contributed by atoms with Crippen molar-refractivity contribution in [2.24, 2.45) is 17.4 Å². The molecule has 1 atom stereocenters. The molecule has 0 saturated carbocycles. The maximum absolute atomic E-state index is 6.95. The summed E-state index contributed by atoms with van der Waals surface area (Å²) < 4.78 is 0. The van der Waals surface area contributed by atoms with Gasteiger partial charge in [0, 0.05) is 0 Å². The van der Waals surface area contributed by atoms with Crippen molar-refractivity contribution in [1.29, 1.82) is 5.41 Å². The average molecular weight is 129 g/mol. The Morgan fingerprint density at radius 1 is 1.56 bits per heavy atom. The van der Waals surface area contributed by atoms with E-state index in [1.54, 1.807) is 0 Å². The van der Waals surface area contributed by atoms with Crippen molar-refractivity contribution in [3.8, 4) is 0 Å². The first-order valence-electron chi connectivity index (χ1n) is 3.13. The second-order valence-corrected chi connectivity index (χ2v) is 2.69. The summed E-state index contributed by atoms with van der Waals surface area (Å²) in [5.41, 5.74) is 10.6. The number of hydrogen-bond acceptors (Lipinski definition) is 2. The van der Waals surface area contributed by atoms with E-state index < -0.39 is 0 Å². The summed E-state index contributed by atoms with van der Waals surface area (Å²) in [5, 5.41) is 6.95. The molecule has 0 aromatic carbocycles. The normalized spacial score (nSPS) is 13.8. The Morgan fingerprint density at radius 3 is 2.11 bits per heavy atom. The van der Waals surface area contributed by atoms with Crippen LogP contribution < -0.4 is 11.5 Å². The summed E-state index contributed by atoms with van der Waals surface area (Å²) in [6, 6.07) is -0.245. The Morgan fingerprint density at radius 2 is 2.00 bits per heavy atom. The summed E-state index contributed by atoms with van der Waals surface area (Å²) in [5.74, 6) is 0.604. The standard InChI is InChI=1S/C6H15N3/c1-4(2)3-5(7)6(8)9/h4-5H,3,7H2,1-2H3,(H3,8,9). The largest absolute Gasteiger partial charge is 0.386 e. The van der Waals surface area contributed by atoms with Gasteiger partial charge in [0.25, 0.3) is 0 Å². The molecule has 0 aliphatic carbocycles. The van der Waals surface area contributed by atoms with Crippen LogP contribution in [0.1, 0.15) is 20.3 Å². The van der Waals surface area contributed by atoms with E-state index in [4.69, 9.17) is 16.9 Å². The van der Waals surface area contributed by atoms with Gasteiger partial charge in [-0.1, -0.05) is 13.8 Å². The molecule has 0 fully saturated rings. The van der Waals surface area contributed by atoms with E-state index in [0.717, 1.165) is 6.42 Å². The minimum Gasteiger partial charge on any atom is -0.386 e. The monoisotopic (exact) mass is 129 g/mol. The van der Waals surface area contributed by atoms with Crippen LogP contribution in [0.15, 0.2) is 0 Å². The van der Waals surface area contributed by atoms with Crippen LogP contribution in [0.2, 0.25) is 0 Å². The van der Waals surface area contributed by atoms with Gasteiger partial charge in [-0.3, -0.25) is 5.41 Å². The van der Waals surface area contributed by atoms with Crippen LogP contribution in [0.3, 0.4) is 0 Å². The SMILES string of the molecule is CC(C)CC(N)C(=N)N. The summed E-state index contributed by atoms with van der Waals surface area (Å²) in [6.07, 6.45) is 0.801. The van der Waals surface area contributed by atoms with Crippen molar-refractivity contribution in [3.63, 3.8) is 0 Å². The van der Waals surface area contributed by atoms with Gasteiger partial charge in [-0.15, -0.1) is 0 Å². The number of amidine groups is 1. The van der Waals surface area contributed by atoms with Crippen molar-refractivity contribution in [3.05, 3.63) is 0 Å². The first-order chi connectivity index (χ1) is 4.04. The predicted molar refractivity (Wildman–Crippen MR) is 39.3 cm³/mol. The summed E-state index contributed by atoms with van der Waals surface area (Å²) >= 11 is 0. The Balaban J connectivity index is 3.50. The van der Waals surface area contributed by atoms with Gasteiger partial charge in [0.05, 0.1) is 6.04 Å². The Bertz CT molecular complexity index is 98.5. The fraction of sp³-hybridized carbons (Fsp3) is 0.833. The van der Waals surface area contributed by atoms with E-state index in [2.05, 4.69) is 13.8 Å². The molecule has 0 spiro atoms. The number of nitrogens with two attached hydrogens (primary N) is 2. The van der Waals surface area contributed by atoms with E-state index in [9.17, 15) is 0 Å². The van der Waals surface area contributed by atoms with Gasteiger partial charge in [-0.05, 0) is 12.3 Å². The lowest BCUT2D eigenvalue weighted by Gasteiger charge is -2.10. The third kappa shape index (κ3) is 3.97. The summed E-state index contributed by atoms with van der Waals surface area (Å²) in [6.45, 7) is 4.12. The molecule has 0 saturated heterocycles. The van der Waals surface area contributed by atoms with Crippen molar-refractivity contribution >= 4 is 5.84 Å². The molecule has 5 N–H and O–H groups in total. The van der Waals surface area contributed by atoms with Gasteiger partial charge >= 0.3 is 0 Å². The summed E-state index contributed by atoms with van der Waals surface area (Å²) in [7, 11) is 0. The fourth-order valence-corrected chi connectivity index (χ4v) is 0.635. The lowest BCUT2D eigenvalue weighted by atomic mass is 10.0. The molecule has 3 heteroatoms. The quantitative estimate of drug-likeness (QED) is 0.378. The van der Waals surface area contributed by atoms with Gasteiger partial charge in [0.1, 0.15) is 5.84 Å². The number of nitrogens with one attached hydrogen (secondary N) is 1. The molecule has 0 aromatic heterocycles. The zero-order chi connectivity index (χ0) is 7.44. The highest BCUT2D eigenvalue weighted by atomic mass is 14.8. The van der Waals surface area contributed by atoms with Crippen LogP contribution in [0.4, 0.5) is 0 Å². The number of hydrogen-bond donors (Lipinski definition) is 3. The van der Waals surface area contributed by atoms with Gasteiger partial charge in [0.2, 0.25) is 0 Å². The van der Waals surface area contributed by atoms with E-state index in [1.165, 1.54) is 0 Å². The van der Waals surface area contributed by atoms with Crippen LogP contribution in [-0.4, -0.2) is 11.9 Å². The zero-order valence-electron chi connectivity index (χ0n) is 6.02. The molecule has 0 rings (SSSR count). The van der Waals surface area contributed by atoms with Crippen molar-refractivity contribution in [2.45, 2.75) is 26.3 Å². The van der Waals surface area contributed by atoms with Crippen molar-refractivity contribution < 1.29 is 0 Å². The molecular weight excluding hydrogens is 114 g/mol. The minimum atomic E-state index is -0.245. The smallest absolute Gasteiger partial charge is 0.108 e. The molecule has 1 unspecified atom stereocenters. The highest BCUT2D eigenvalue weighted by Gasteiger charge is 2.06. The van der Waals surface area contributed by atoms with E-state index in [-0.39, 0.29) is 11.9 Å². The summed E-state index contributed by atoms with van der Waals surface area (Å²) in [4.78, 5) is 0. The topological polar surface area (TPSA) is 75.9 Å². The first kappa shape index (κ1) is 8.43. The molecule has 0 bridgehead atoms. The number of rotatable bonds is 3. The maximum atomic E-state index is 6.95. The Hall–Kier alpha value is -0.570. The third-order valence-corrected chi connectivity index (χ3v) is 1.12. The molecule has 9 heavy (non-hydrogen) atoms. The second-order valence-electron chi connectivity index (χ2n) is 2.69. The molecule has 0 aliphatic heterocycles. The van der Waals surface area contributed by atoms with E-state index >= 15 is 0 Å². The zero-order valence-corrected chi connectivity index (χ0v) is 6.02. The highest BCUT2D eigenvalue weighted by Crippen LogP contribution is 2.01. The molecule has 0 aliphatic rings. The third-order valence-electron chi connectivity index (χ3n) is 1.12. The van der Waals surface area contributed by atoms with Gasteiger partial charge in [-0.2, -0.15) is 0 Å². The van der Waals surface area contributed by atoms with Crippen molar-refractivity contribution in [1.82, 2.24) is 0 Å². The van der Waals surface area contributed by atoms with Crippen LogP contribution in [0, 0.1) is 11.3 Å². The molecule has 0 heterocycles. The van der Waals surface area contributed by atoms with Gasteiger partial charge in [-0.25, -0.2) is 0 Å². The van der Waals surface area contributed by atoms with Gasteiger partial charge in [0.15, 0.2) is 0 Å². The second kappa shape index (κ2) is 3.45. The van der Waals surface area contributed by atoms with Crippen molar-refractivity contribution in [2.75, 3.05) is 0 Å². The molecular formula is C6H15N3.